The molecule has 2 aromatic carbocycles. The largest absolute Gasteiger partial charge is 0.494 e. The molecule has 1 unspecified atom stereocenters. The monoisotopic (exact) mass is 375 g/mol. The predicted octanol–water partition coefficient (Wildman–Crippen LogP) is 4.19. The van der Waals surface area contributed by atoms with Crippen molar-refractivity contribution in [2.45, 2.75) is 26.3 Å². The highest BCUT2D eigenvalue weighted by molar-refractivity contribution is 6.09. The molecule has 1 aromatic heterocycles. The molecule has 1 aliphatic rings. The van der Waals surface area contributed by atoms with Gasteiger partial charge in [-0.15, -0.1) is 0 Å². The lowest BCUT2D eigenvalue weighted by Gasteiger charge is -2.14. The highest BCUT2D eigenvalue weighted by atomic mass is 16.5. The van der Waals surface area contributed by atoms with Crippen LogP contribution in [-0.2, 0) is 11.3 Å². The highest BCUT2D eigenvalue weighted by Crippen LogP contribution is 2.38. The van der Waals surface area contributed by atoms with Gasteiger partial charge in [0.15, 0.2) is 5.75 Å². The van der Waals surface area contributed by atoms with E-state index in [0.717, 1.165) is 17.0 Å². The van der Waals surface area contributed by atoms with Crippen LogP contribution in [0.5, 0.6) is 11.5 Å². The zero-order valence-corrected chi connectivity index (χ0v) is 15.8. The van der Waals surface area contributed by atoms with Gasteiger partial charge in [-0.05, 0) is 43.7 Å². The fourth-order valence-electron chi connectivity index (χ4n) is 3.52. The number of fused-ring (bicyclic) bond motifs is 1. The van der Waals surface area contributed by atoms with E-state index in [0.29, 0.717) is 30.2 Å². The van der Waals surface area contributed by atoms with Crippen LogP contribution in [0.25, 0.3) is 0 Å². The van der Waals surface area contributed by atoms with Crippen LogP contribution in [0.1, 0.15) is 47.1 Å². The molecule has 0 bridgehead atoms. The lowest BCUT2D eigenvalue weighted by Crippen LogP contribution is -2.17. The molecule has 142 valence electrons. The Kier molecular flexibility index (Phi) is 4.74. The van der Waals surface area contributed by atoms with Gasteiger partial charge in [0, 0.05) is 18.2 Å². The highest BCUT2D eigenvalue weighted by Gasteiger charge is 2.36. The predicted molar refractivity (Wildman–Crippen MR) is 105 cm³/mol. The molecule has 0 aliphatic carbocycles. The third kappa shape index (κ3) is 3.20. The van der Waals surface area contributed by atoms with Gasteiger partial charge in [-0.25, -0.2) is 0 Å². The Morgan fingerprint density at radius 2 is 1.82 bits per heavy atom. The lowest BCUT2D eigenvalue weighted by atomic mass is 10.1. The van der Waals surface area contributed by atoms with Gasteiger partial charge in [-0.1, -0.05) is 30.3 Å². The molecule has 0 amide bonds. The summed E-state index contributed by atoms with van der Waals surface area (Å²) in [6, 6.07) is 18.6. The van der Waals surface area contributed by atoms with Crippen LogP contribution in [-0.4, -0.2) is 22.9 Å². The summed E-state index contributed by atoms with van der Waals surface area (Å²) in [7, 11) is 0. The van der Waals surface area contributed by atoms with Crippen molar-refractivity contribution in [2.75, 3.05) is 6.61 Å². The van der Waals surface area contributed by atoms with E-state index < -0.39 is 5.92 Å². The molecule has 1 aliphatic heterocycles. The van der Waals surface area contributed by atoms with Gasteiger partial charge in [0.25, 0.3) is 0 Å². The molecule has 28 heavy (non-hydrogen) atoms. The summed E-state index contributed by atoms with van der Waals surface area (Å²) in [5, 5.41) is 0. The minimum atomic E-state index is -0.402. The second-order valence-corrected chi connectivity index (χ2v) is 6.78. The number of rotatable bonds is 6. The minimum absolute atomic E-state index is 0.114. The van der Waals surface area contributed by atoms with Gasteiger partial charge >= 0.3 is 5.97 Å². The third-order valence-corrected chi connectivity index (χ3v) is 4.92. The zero-order valence-electron chi connectivity index (χ0n) is 15.8. The number of carbonyl (C=O) groups is 2. The molecule has 0 saturated heterocycles. The van der Waals surface area contributed by atoms with Gasteiger partial charge in [-0.2, -0.15) is 0 Å². The molecule has 0 spiro atoms. The molecule has 0 radical (unpaired) electrons. The van der Waals surface area contributed by atoms with Crippen molar-refractivity contribution in [3.05, 3.63) is 83.2 Å². The maximum atomic E-state index is 13.2. The van der Waals surface area contributed by atoms with Crippen LogP contribution in [0.15, 0.2) is 60.7 Å². The van der Waals surface area contributed by atoms with Gasteiger partial charge in [-0.3, -0.25) is 9.59 Å². The van der Waals surface area contributed by atoms with E-state index in [2.05, 4.69) is 0 Å². The topological polar surface area (TPSA) is 57.5 Å². The minimum Gasteiger partial charge on any atom is -0.494 e. The maximum absolute atomic E-state index is 13.2. The number of hydrogen-bond donors (Lipinski definition) is 0. The van der Waals surface area contributed by atoms with Gasteiger partial charge in [0.1, 0.15) is 5.75 Å². The Morgan fingerprint density at radius 1 is 1.11 bits per heavy atom. The fourth-order valence-corrected chi connectivity index (χ4v) is 3.52. The van der Waals surface area contributed by atoms with Crippen LogP contribution >= 0.6 is 0 Å². The Bertz CT molecular complexity index is 1020. The number of benzene rings is 2. The number of hydrogen-bond acceptors (Lipinski definition) is 4. The van der Waals surface area contributed by atoms with E-state index in [1.54, 1.807) is 37.3 Å². The van der Waals surface area contributed by atoms with E-state index in [-0.39, 0.29) is 11.8 Å². The molecule has 3 aromatic rings. The normalized spacial score (nSPS) is 15.2. The van der Waals surface area contributed by atoms with E-state index in [1.807, 2.05) is 41.8 Å². The van der Waals surface area contributed by atoms with Gasteiger partial charge < -0.3 is 14.0 Å². The second kappa shape index (κ2) is 7.35. The summed E-state index contributed by atoms with van der Waals surface area (Å²) >= 11 is 0. The summed E-state index contributed by atoms with van der Waals surface area (Å²) in [5.74, 6) is 0.399. The van der Waals surface area contributed by atoms with E-state index in [1.165, 1.54) is 0 Å². The van der Waals surface area contributed by atoms with Crippen molar-refractivity contribution in [3.63, 3.8) is 0 Å². The maximum Gasteiger partial charge on any atom is 0.320 e. The SMILES string of the molecule is CCOc1ccc(C(=O)c2cc3c(n2Cc2ccccc2)C(C)C(=O)O3)cc1. The molecule has 5 nitrogen and oxygen atoms in total. The summed E-state index contributed by atoms with van der Waals surface area (Å²) in [4.78, 5) is 25.2. The van der Waals surface area contributed by atoms with Crippen molar-refractivity contribution >= 4 is 11.8 Å². The summed E-state index contributed by atoms with van der Waals surface area (Å²) in [6.45, 7) is 4.79. The molecule has 1 atom stereocenters. The fraction of sp³-hybridized carbons (Fsp3) is 0.217. The third-order valence-electron chi connectivity index (χ3n) is 4.92. The Hall–Kier alpha value is -3.34. The first-order valence-corrected chi connectivity index (χ1v) is 9.35. The van der Waals surface area contributed by atoms with Crippen LogP contribution in [0.2, 0.25) is 0 Å². The quantitative estimate of drug-likeness (QED) is 0.479. The number of ketones is 1. The standard InChI is InChI=1S/C23H21NO4/c1-3-27-18-11-9-17(10-12-18)22(25)19-13-20-21(15(2)23(26)28-20)24(19)14-16-7-5-4-6-8-16/h4-13,15H,3,14H2,1-2H3. The van der Waals surface area contributed by atoms with Crippen LogP contribution in [0.3, 0.4) is 0 Å². The number of carbonyl (C=O) groups excluding carboxylic acids is 2. The van der Waals surface area contributed by atoms with Crippen molar-refractivity contribution in [3.8, 4) is 11.5 Å². The summed E-state index contributed by atoms with van der Waals surface area (Å²) < 4.78 is 12.7. The first-order valence-electron chi connectivity index (χ1n) is 9.35. The smallest absolute Gasteiger partial charge is 0.320 e. The van der Waals surface area contributed by atoms with E-state index in [9.17, 15) is 9.59 Å². The van der Waals surface area contributed by atoms with Crippen LogP contribution < -0.4 is 9.47 Å². The number of ether oxygens (including phenoxy) is 2. The zero-order chi connectivity index (χ0) is 19.7. The Labute approximate surface area is 163 Å². The second-order valence-electron chi connectivity index (χ2n) is 6.78. The van der Waals surface area contributed by atoms with Crippen molar-refractivity contribution in [1.82, 2.24) is 4.57 Å². The molecular formula is C23H21NO4. The molecule has 2 heterocycles. The average molecular weight is 375 g/mol. The van der Waals surface area contributed by atoms with E-state index in [4.69, 9.17) is 9.47 Å². The molecule has 4 rings (SSSR count). The average Bonchev–Trinajstić information content (AvgIpc) is 3.19. The lowest BCUT2D eigenvalue weighted by molar-refractivity contribution is -0.133. The van der Waals surface area contributed by atoms with Crippen LogP contribution in [0, 0.1) is 0 Å². The van der Waals surface area contributed by atoms with Gasteiger partial charge in [0.2, 0.25) is 5.78 Å². The summed E-state index contributed by atoms with van der Waals surface area (Å²) in [5.41, 5.74) is 2.88. The Balaban J connectivity index is 1.74. The Morgan fingerprint density at radius 3 is 2.50 bits per heavy atom. The molecule has 0 fully saturated rings. The van der Waals surface area contributed by atoms with Crippen molar-refractivity contribution in [2.24, 2.45) is 0 Å². The summed E-state index contributed by atoms with van der Waals surface area (Å²) in [6.07, 6.45) is 0. The van der Waals surface area contributed by atoms with Gasteiger partial charge in [0.05, 0.1) is 23.9 Å². The van der Waals surface area contributed by atoms with Crippen molar-refractivity contribution in [1.29, 1.82) is 0 Å². The molecule has 0 N–H and O–H groups in total. The number of esters is 1. The first kappa shape index (κ1) is 18.0. The van der Waals surface area contributed by atoms with E-state index >= 15 is 0 Å². The number of nitrogens with zero attached hydrogens (tertiary/aromatic N) is 1. The van der Waals surface area contributed by atoms with Crippen LogP contribution in [0.4, 0.5) is 0 Å². The molecule has 0 saturated carbocycles. The molecule has 5 heteroatoms. The first-order chi connectivity index (χ1) is 13.6. The molecular weight excluding hydrogens is 354 g/mol. The van der Waals surface area contributed by atoms with Crippen molar-refractivity contribution < 1.29 is 19.1 Å². The number of aromatic nitrogens is 1.